The van der Waals surface area contributed by atoms with Crippen LogP contribution in [0, 0.1) is 6.92 Å². The van der Waals surface area contributed by atoms with Gasteiger partial charge in [-0.15, -0.1) is 0 Å². The van der Waals surface area contributed by atoms with Crippen molar-refractivity contribution in [3.63, 3.8) is 0 Å². The molecular weight excluding hydrogens is 354 g/mol. The minimum Gasteiger partial charge on any atom is -0.360 e. The monoisotopic (exact) mass is 385 g/mol. The van der Waals surface area contributed by atoms with E-state index in [4.69, 9.17) is 4.52 Å². The molecule has 6 heteroatoms. The molecule has 1 heterocycles. The third-order valence-electron chi connectivity index (χ3n) is 4.61. The molecule has 0 aliphatic carbocycles. The van der Waals surface area contributed by atoms with Gasteiger partial charge < -0.3 is 14.7 Å². The highest BCUT2D eigenvalue weighted by molar-refractivity contribution is 5.99. The van der Waals surface area contributed by atoms with Gasteiger partial charge in [-0.2, -0.15) is 0 Å². The maximum absolute atomic E-state index is 12.9. The summed E-state index contributed by atoms with van der Waals surface area (Å²) in [5.74, 6) is 0.509. The Morgan fingerprint density at radius 1 is 1.14 bits per heavy atom. The van der Waals surface area contributed by atoms with Crippen LogP contribution in [0.2, 0.25) is 0 Å². The molecule has 152 valence electrons. The lowest BCUT2D eigenvalue weighted by molar-refractivity contribution is -0.117. The van der Waals surface area contributed by atoms with Gasteiger partial charge in [0.2, 0.25) is 5.91 Å². The summed E-state index contributed by atoms with van der Waals surface area (Å²) >= 11 is 0. The van der Waals surface area contributed by atoms with Crippen LogP contribution in [-0.2, 0) is 11.2 Å². The van der Waals surface area contributed by atoms with Crippen molar-refractivity contribution in [3.8, 4) is 0 Å². The fourth-order valence-corrected chi connectivity index (χ4v) is 2.99. The van der Waals surface area contributed by atoms with Crippen molar-refractivity contribution in [1.82, 2.24) is 10.1 Å². The third-order valence-corrected chi connectivity index (χ3v) is 4.61. The Balaban J connectivity index is 1.96. The van der Waals surface area contributed by atoms with Crippen LogP contribution >= 0.6 is 0 Å². The fraction of sp³-hybridized carbons (Fsp3) is 0.500. The zero-order chi connectivity index (χ0) is 20.5. The van der Waals surface area contributed by atoms with Crippen molar-refractivity contribution in [2.75, 3.05) is 11.9 Å². The Hall–Kier alpha value is -2.63. The molecule has 0 fully saturated rings. The van der Waals surface area contributed by atoms with E-state index in [2.05, 4.69) is 17.4 Å². The molecular formula is C22H31N3O3. The number of carbonyl (C=O) groups is 2. The maximum Gasteiger partial charge on any atom is 0.254 e. The van der Waals surface area contributed by atoms with Gasteiger partial charge in [0.25, 0.3) is 5.91 Å². The number of rotatable bonds is 10. The van der Waals surface area contributed by atoms with Crippen molar-refractivity contribution in [2.45, 2.75) is 65.8 Å². The number of benzene rings is 1. The summed E-state index contributed by atoms with van der Waals surface area (Å²) in [4.78, 5) is 26.8. The van der Waals surface area contributed by atoms with Crippen molar-refractivity contribution < 1.29 is 14.1 Å². The molecule has 2 aromatic rings. The summed E-state index contributed by atoms with van der Waals surface area (Å²) in [6.45, 7) is 7.70. The molecule has 2 rings (SSSR count). The van der Waals surface area contributed by atoms with Crippen molar-refractivity contribution in [1.29, 1.82) is 0 Å². The molecule has 28 heavy (non-hydrogen) atoms. The number of hydrogen-bond donors (Lipinski definition) is 1. The number of anilines is 1. The predicted molar refractivity (Wildman–Crippen MR) is 110 cm³/mol. The van der Waals surface area contributed by atoms with E-state index in [1.807, 2.05) is 38.1 Å². The van der Waals surface area contributed by atoms with E-state index in [0.717, 1.165) is 6.42 Å². The number of hydrogen-bond acceptors (Lipinski definition) is 4. The number of aromatic nitrogens is 1. The number of unbranched alkanes of at least 4 members (excludes halogenated alkanes) is 3. The molecule has 1 N–H and O–H groups in total. The van der Waals surface area contributed by atoms with Crippen LogP contribution in [0.15, 0.2) is 34.9 Å². The first-order valence-electron chi connectivity index (χ1n) is 10.0. The standard InChI is InChI=1S/C22H31N3O3/c1-5-6-7-8-9-18-10-12-19(13-11-18)22(27)25(16(2)3)15-21(26)23-20-14-17(4)28-24-20/h10-14,16H,5-9,15H2,1-4H3,(H,23,24,26). The van der Waals surface area contributed by atoms with Gasteiger partial charge >= 0.3 is 0 Å². The van der Waals surface area contributed by atoms with Gasteiger partial charge in [0.15, 0.2) is 5.82 Å². The largest absolute Gasteiger partial charge is 0.360 e. The normalized spacial score (nSPS) is 10.9. The van der Waals surface area contributed by atoms with Gasteiger partial charge in [-0.05, 0) is 51.3 Å². The highest BCUT2D eigenvalue weighted by Crippen LogP contribution is 2.14. The molecule has 0 atom stereocenters. The van der Waals surface area contributed by atoms with Gasteiger partial charge in [0.05, 0.1) is 0 Å². The first-order chi connectivity index (χ1) is 13.4. The van der Waals surface area contributed by atoms with E-state index in [1.165, 1.54) is 31.2 Å². The lowest BCUT2D eigenvalue weighted by atomic mass is 10.0. The first-order valence-corrected chi connectivity index (χ1v) is 10.0. The van der Waals surface area contributed by atoms with E-state index < -0.39 is 0 Å². The van der Waals surface area contributed by atoms with E-state index in [-0.39, 0.29) is 24.4 Å². The number of amides is 2. The van der Waals surface area contributed by atoms with Crippen LogP contribution in [0.5, 0.6) is 0 Å². The van der Waals surface area contributed by atoms with Crippen LogP contribution < -0.4 is 5.32 Å². The number of carbonyl (C=O) groups excluding carboxylic acids is 2. The van der Waals surface area contributed by atoms with E-state index in [1.54, 1.807) is 17.9 Å². The SMILES string of the molecule is CCCCCCc1ccc(C(=O)N(CC(=O)Nc2cc(C)on2)C(C)C)cc1. The second-order valence-electron chi connectivity index (χ2n) is 7.41. The number of nitrogens with one attached hydrogen (secondary N) is 1. The Morgan fingerprint density at radius 3 is 2.43 bits per heavy atom. The summed E-state index contributed by atoms with van der Waals surface area (Å²) in [5.41, 5.74) is 1.83. The predicted octanol–water partition coefficient (Wildman–Crippen LogP) is 4.60. The zero-order valence-electron chi connectivity index (χ0n) is 17.3. The molecule has 1 aromatic heterocycles. The molecule has 2 amide bonds. The third kappa shape index (κ3) is 6.51. The van der Waals surface area contributed by atoms with E-state index in [0.29, 0.717) is 17.1 Å². The van der Waals surface area contributed by atoms with Crippen molar-refractivity contribution >= 4 is 17.6 Å². The molecule has 0 aliphatic rings. The number of nitrogens with zero attached hydrogens (tertiary/aromatic N) is 2. The minimum atomic E-state index is -0.303. The summed E-state index contributed by atoms with van der Waals surface area (Å²) in [5, 5.41) is 6.41. The maximum atomic E-state index is 12.9. The quantitative estimate of drug-likeness (QED) is 0.607. The minimum absolute atomic E-state index is 0.0405. The Labute approximate surface area is 167 Å². The smallest absolute Gasteiger partial charge is 0.254 e. The molecule has 0 radical (unpaired) electrons. The lowest BCUT2D eigenvalue weighted by Crippen LogP contribution is -2.42. The van der Waals surface area contributed by atoms with Crippen molar-refractivity contribution in [3.05, 3.63) is 47.2 Å². The lowest BCUT2D eigenvalue weighted by Gasteiger charge is -2.26. The first kappa shape index (κ1) is 21.7. The Morgan fingerprint density at radius 2 is 1.86 bits per heavy atom. The second-order valence-corrected chi connectivity index (χ2v) is 7.41. The summed E-state index contributed by atoms with van der Waals surface area (Å²) in [7, 11) is 0. The van der Waals surface area contributed by atoms with Crippen LogP contribution in [0.25, 0.3) is 0 Å². The molecule has 1 aromatic carbocycles. The molecule has 0 spiro atoms. The second kappa shape index (κ2) is 10.6. The number of aryl methyl sites for hydroxylation is 2. The summed E-state index contributed by atoms with van der Waals surface area (Å²) in [6, 6.07) is 9.26. The van der Waals surface area contributed by atoms with Crippen LogP contribution in [0.3, 0.4) is 0 Å². The van der Waals surface area contributed by atoms with Gasteiger partial charge in [-0.25, -0.2) is 0 Å². The summed E-state index contributed by atoms with van der Waals surface area (Å²) < 4.78 is 4.94. The molecule has 0 saturated heterocycles. The molecule has 0 bridgehead atoms. The van der Waals surface area contributed by atoms with Gasteiger partial charge in [0, 0.05) is 17.7 Å². The van der Waals surface area contributed by atoms with Crippen molar-refractivity contribution in [2.24, 2.45) is 0 Å². The molecule has 0 saturated carbocycles. The van der Waals surface area contributed by atoms with Gasteiger partial charge in [-0.3, -0.25) is 9.59 Å². The topological polar surface area (TPSA) is 75.4 Å². The molecule has 0 aliphatic heterocycles. The fourth-order valence-electron chi connectivity index (χ4n) is 2.99. The molecule has 0 unspecified atom stereocenters. The van der Waals surface area contributed by atoms with Gasteiger partial charge in [-0.1, -0.05) is 43.5 Å². The van der Waals surface area contributed by atoms with E-state index in [9.17, 15) is 9.59 Å². The Bertz CT molecular complexity index is 766. The van der Waals surface area contributed by atoms with E-state index >= 15 is 0 Å². The van der Waals surface area contributed by atoms with Crippen LogP contribution in [0.4, 0.5) is 5.82 Å². The highest BCUT2D eigenvalue weighted by atomic mass is 16.5. The zero-order valence-corrected chi connectivity index (χ0v) is 17.3. The highest BCUT2D eigenvalue weighted by Gasteiger charge is 2.22. The van der Waals surface area contributed by atoms with Gasteiger partial charge in [0.1, 0.15) is 12.3 Å². The molecule has 6 nitrogen and oxygen atoms in total. The average molecular weight is 386 g/mol. The van der Waals surface area contributed by atoms with Crippen LogP contribution in [-0.4, -0.2) is 34.5 Å². The average Bonchev–Trinajstić information content (AvgIpc) is 3.07. The Kier molecular flexibility index (Phi) is 8.23. The summed E-state index contributed by atoms with van der Waals surface area (Å²) in [6.07, 6.45) is 5.92. The van der Waals surface area contributed by atoms with Crippen LogP contribution in [0.1, 0.15) is 68.1 Å².